The van der Waals surface area contributed by atoms with Gasteiger partial charge in [0.1, 0.15) is 5.01 Å². The van der Waals surface area contributed by atoms with Gasteiger partial charge in [0.2, 0.25) is 0 Å². The van der Waals surface area contributed by atoms with E-state index in [2.05, 4.69) is 46.1 Å². The number of aryl methyl sites for hydroxylation is 1. The lowest BCUT2D eigenvalue weighted by molar-refractivity contribution is 0.0950. The van der Waals surface area contributed by atoms with Gasteiger partial charge in [-0.1, -0.05) is 11.6 Å². The molecule has 198 valence electrons. The highest BCUT2D eigenvalue weighted by Gasteiger charge is 2.28. The van der Waals surface area contributed by atoms with Crippen molar-refractivity contribution in [2.75, 3.05) is 25.5 Å². The molecular formula is C28H36ClN5O2S. The van der Waals surface area contributed by atoms with Gasteiger partial charge in [0.05, 0.1) is 5.69 Å². The van der Waals surface area contributed by atoms with Crippen LogP contribution in [-0.4, -0.2) is 53.5 Å². The van der Waals surface area contributed by atoms with Crippen LogP contribution in [0, 0.1) is 13.8 Å². The van der Waals surface area contributed by atoms with Crippen LogP contribution in [0.4, 0.5) is 5.69 Å². The van der Waals surface area contributed by atoms with Gasteiger partial charge in [-0.15, -0.1) is 11.3 Å². The molecule has 0 saturated heterocycles. The van der Waals surface area contributed by atoms with Crippen LogP contribution in [0.2, 0.25) is 5.02 Å². The molecule has 37 heavy (non-hydrogen) atoms. The molecule has 2 aromatic heterocycles. The van der Waals surface area contributed by atoms with E-state index < -0.39 is 0 Å². The van der Waals surface area contributed by atoms with Gasteiger partial charge in [0.15, 0.2) is 5.43 Å². The third-order valence-corrected chi connectivity index (χ3v) is 8.43. The Labute approximate surface area is 227 Å². The number of carbonyl (C=O) groups excluding carboxylic acids is 1. The lowest BCUT2D eigenvalue weighted by atomic mass is 9.89. The molecule has 0 spiro atoms. The second-order valence-electron chi connectivity index (χ2n) is 10.00. The molecule has 7 nitrogen and oxygen atoms in total. The van der Waals surface area contributed by atoms with Crippen LogP contribution in [0.3, 0.4) is 0 Å². The predicted octanol–water partition coefficient (Wildman–Crippen LogP) is 5.40. The number of rotatable bonds is 8. The Balaban J connectivity index is 1.57. The van der Waals surface area contributed by atoms with E-state index >= 15 is 0 Å². The number of H-pyrrole nitrogens is 1. The van der Waals surface area contributed by atoms with Crippen molar-refractivity contribution in [3.8, 4) is 10.7 Å². The lowest BCUT2D eigenvalue weighted by Crippen LogP contribution is -2.42. The molecule has 0 unspecified atom stereocenters. The maximum Gasteiger partial charge on any atom is 0.251 e. The zero-order valence-corrected chi connectivity index (χ0v) is 23.8. The number of hydrogen-bond donors (Lipinski definition) is 2. The summed E-state index contributed by atoms with van der Waals surface area (Å²) in [4.78, 5) is 38.5. The molecule has 1 saturated carbocycles. The van der Waals surface area contributed by atoms with Crippen molar-refractivity contribution in [3.05, 3.63) is 67.4 Å². The molecule has 1 aromatic carbocycles. The first kappa shape index (κ1) is 27.4. The number of pyridine rings is 1. The Morgan fingerprint density at radius 1 is 1.16 bits per heavy atom. The molecule has 2 N–H and O–H groups in total. The first-order valence-corrected chi connectivity index (χ1v) is 14.1. The van der Waals surface area contributed by atoms with Gasteiger partial charge in [-0.2, -0.15) is 0 Å². The number of aromatic nitrogens is 2. The van der Waals surface area contributed by atoms with Crippen LogP contribution in [0.1, 0.15) is 59.8 Å². The van der Waals surface area contributed by atoms with Crippen molar-refractivity contribution >= 4 is 34.5 Å². The van der Waals surface area contributed by atoms with Gasteiger partial charge >= 0.3 is 0 Å². The second kappa shape index (κ2) is 11.8. The average Bonchev–Trinajstić information content (AvgIpc) is 3.40. The molecule has 0 radical (unpaired) electrons. The average molecular weight is 542 g/mol. The van der Waals surface area contributed by atoms with Gasteiger partial charge < -0.3 is 20.1 Å². The number of thiazole rings is 1. The molecule has 1 aliphatic carbocycles. The van der Waals surface area contributed by atoms with Crippen molar-refractivity contribution in [1.82, 2.24) is 20.2 Å². The number of anilines is 1. The largest absolute Gasteiger partial charge is 0.369 e. The van der Waals surface area contributed by atoms with Gasteiger partial charge in [0, 0.05) is 70.3 Å². The van der Waals surface area contributed by atoms with E-state index in [1.807, 2.05) is 25.3 Å². The summed E-state index contributed by atoms with van der Waals surface area (Å²) in [5, 5.41) is 6.07. The molecule has 0 aliphatic heterocycles. The van der Waals surface area contributed by atoms with Crippen LogP contribution in [0.25, 0.3) is 10.7 Å². The fourth-order valence-corrected chi connectivity index (χ4v) is 6.27. The number of hydrogen-bond acceptors (Lipinski definition) is 6. The van der Waals surface area contributed by atoms with Gasteiger partial charge in [0.25, 0.3) is 5.91 Å². The molecule has 1 amide bonds. The molecule has 4 rings (SSSR count). The van der Waals surface area contributed by atoms with Crippen molar-refractivity contribution in [1.29, 1.82) is 0 Å². The zero-order chi connectivity index (χ0) is 26.7. The number of nitrogens with zero attached hydrogens (tertiary/aromatic N) is 3. The Bertz CT molecular complexity index is 1300. The highest BCUT2D eigenvalue weighted by Crippen LogP contribution is 2.34. The molecule has 0 atom stereocenters. The van der Waals surface area contributed by atoms with Crippen molar-refractivity contribution in [2.45, 2.75) is 65.1 Å². The monoisotopic (exact) mass is 541 g/mol. The number of halogens is 1. The first-order chi connectivity index (χ1) is 17.7. The van der Waals surface area contributed by atoms with Crippen LogP contribution in [0.15, 0.2) is 34.6 Å². The normalized spacial score (nSPS) is 17.7. The van der Waals surface area contributed by atoms with Crippen molar-refractivity contribution in [3.63, 3.8) is 0 Å². The van der Waals surface area contributed by atoms with Crippen LogP contribution in [0.5, 0.6) is 0 Å². The molecule has 1 aliphatic rings. The molecule has 0 bridgehead atoms. The van der Waals surface area contributed by atoms with E-state index in [9.17, 15) is 9.59 Å². The standard InChI is InChI=1S/C28H36ClN5O2S/c1-6-34(21-9-7-20(8-10-21)33(4)5)24-15-19(29)14-22(18(24)3)27(36)31-16-23-25(35)13-17(2)32-26(23)28-30-11-12-37-28/h11-15,20-21H,6-10,16H2,1-5H3,(H,31,36)(H,32,35)/t20-,21-. The zero-order valence-electron chi connectivity index (χ0n) is 22.2. The number of benzene rings is 1. The number of amides is 1. The van der Waals surface area contributed by atoms with Crippen molar-refractivity contribution < 1.29 is 4.79 Å². The van der Waals surface area contributed by atoms with E-state index in [-0.39, 0.29) is 17.9 Å². The Morgan fingerprint density at radius 3 is 2.49 bits per heavy atom. The van der Waals surface area contributed by atoms with E-state index in [4.69, 9.17) is 11.6 Å². The topological polar surface area (TPSA) is 81.3 Å². The fraction of sp³-hybridized carbons (Fsp3) is 0.464. The molecule has 1 fully saturated rings. The predicted molar refractivity (Wildman–Crippen MR) is 153 cm³/mol. The van der Waals surface area contributed by atoms with Crippen LogP contribution in [-0.2, 0) is 6.54 Å². The minimum absolute atomic E-state index is 0.0939. The quantitative estimate of drug-likeness (QED) is 0.399. The molecular weight excluding hydrogens is 506 g/mol. The smallest absolute Gasteiger partial charge is 0.251 e. The maximum atomic E-state index is 13.4. The van der Waals surface area contributed by atoms with E-state index in [1.165, 1.54) is 11.3 Å². The highest BCUT2D eigenvalue weighted by molar-refractivity contribution is 7.13. The third kappa shape index (κ3) is 6.08. The van der Waals surface area contributed by atoms with Crippen LogP contribution >= 0.6 is 22.9 Å². The number of carbonyl (C=O) groups is 1. The van der Waals surface area contributed by atoms with Gasteiger partial charge in [-0.25, -0.2) is 4.98 Å². The summed E-state index contributed by atoms with van der Waals surface area (Å²) < 4.78 is 0. The molecule has 2 heterocycles. The molecule has 9 heteroatoms. The van der Waals surface area contributed by atoms with E-state index in [0.29, 0.717) is 38.9 Å². The number of aromatic amines is 1. The molecule has 3 aromatic rings. The summed E-state index contributed by atoms with van der Waals surface area (Å²) in [5.41, 5.74) is 4.19. The highest BCUT2D eigenvalue weighted by atomic mass is 35.5. The summed E-state index contributed by atoms with van der Waals surface area (Å²) in [6.07, 6.45) is 6.24. The van der Waals surface area contributed by atoms with Gasteiger partial charge in [-0.3, -0.25) is 9.59 Å². The van der Waals surface area contributed by atoms with Crippen LogP contribution < -0.4 is 15.6 Å². The van der Waals surface area contributed by atoms with Gasteiger partial charge in [-0.05, 0) is 78.2 Å². The minimum Gasteiger partial charge on any atom is -0.369 e. The number of nitrogens with one attached hydrogen (secondary N) is 2. The minimum atomic E-state index is -0.251. The summed E-state index contributed by atoms with van der Waals surface area (Å²) in [5.74, 6) is -0.251. The fourth-order valence-electron chi connectivity index (χ4n) is 5.39. The third-order valence-electron chi connectivity index (χ3n) is 7.42. The Hall–Kier alpha value is -2.68. The maximum absolute atomic E-state index is 13.4. The second-order valence-corrected chi connectivity index (χ2v) is 11.3. The SMILES string of the molecule is CCN(c1cc(Cl)cc(C(=O)NCc2c(-c3nccs3)[nH]c(C)cc2=O)c1C)[C@H]1CC[C@H](N(C)C)CC1. The Morgan fingerprint density at radius 2 is 1.86 bits per heavy atom. The van der Waals surface area contributed by atoms with E-state index in [0.717, 1.165) is 49.2 Å². The Kier molecular flexibility index (Phi) is 8.72. The summed E-state index contributed by atoms with van der Waals surface area (Å²) in [6, 6.07) is 6.27. The summed E-state index contributed by atoms with van der Waals surface area (Å²) in [6.45, 7) is 6.91. The van der Waals surface area contributed by atoms with Crippen molar-refractivity contribution in [2.24, 2.45) is 0 Å². The lowest BCUT2D eigenvalue weighted by Gasteiger charge is -2.40. The summed E-state index contributed by atoms with van der Waals surface area (Å²) in [7, 11) is 4.30. The first-order valence-electron chi connectivity index (χ1n) is 12.8. The van der Waals surface area contributed by atoms with E-state index in [1.54, 1.807) is 18.3 Å². The summed E-state index contributed by atoms with van der Waals surface area (Å²) >= 11 is 7.99.